The summed E-state index contributed by atoms with van der Waals surface area (Å²) in [6.45, 7) is 5.99. The molecule has 1 fully saturated rings. The quantitative estimate of drug-likeness (QED) is 0.906. The van der Waals surface area contributed by atoms with E-state index in [2.05, 4.69) is 16.8 Å². The van der Waals surface area contributed by atoms with Crippen molar-refractivity contribution in [2.45, 2.75) is 39.3 Å². The molecule has 22 heavy (non-hydrogen) atoms. The van der Waals surface area contributed by atoms with E-state index in [0.717, 1.165) is 22.9 Å². The van der Waals surface area contributed by atoms with Gasteiger partial charge in [0.15, 0.2) is 5.17 Å². The Kier molecular flexibility index (Phi) is 4.00. The number of aryl methyl sites for hydroxylation is 1. The summed E-state index contributed by atoms with van der Waals surface area (Å²) in [7, 11) is 0. The predicted molar refractivity (Wildman–Crippen MR) is 90.1 cm³/mol. The Morgan fingerprint density at radius 3 is 2.64 bits per heavy atom. The van der Waals surface area contributed by atoms with Crippen molar-refractivity contribution in [2.24, 2.45) is 4.99 Å². The standard InChI is InChI=1S/C17H20N2O2S/c1-10-4-6-13(7-5-10)15-14(16(20)21)12(3)18-17-19(15)11(2)8-9-22-17/h4-7,11,15H,8-9H2,1-3H3,(H,20,21). The Balaban J connectivity index is 2.15. The average molecular weight is 316 g/mol. The Morgan fingerprint density at radius 2 is 2.00 bits per heavy atom. The molecule has 2 aliphatic rings. The highest BCUT2D eigenvalue weighted by Crippen LogP contribution is 2.41. The summed E-state index contributed by atoms with van der Waals surface area (Å²) in [6.07, 6.45) is 1.04. The maximum Gasteiger partial charge on any atom is 0.335 e. The van der Waals surface area contributed by atoms with E-state index in [1.54, 1.807) is 18.7 Å². The summed E-state index contributed by atoms with van der Waals surface area (Å²) in [4.78, 5) is 18.6. The SMILES string of the molecule is CC1=C(C(=O)O)C(c2ccc(C)cc2)N2C(=N1)SCCC2C. The van der Waals surface area contributed by atoms with Crippen molar-refractivity contribution in [3.8, 4) is 0 Å². The Hall–Kier alpha value is -1.75. The number of aliphatic imine (C=N–C) groups is 1. The van der Waals surface area contributed by atoms with Crippen LogP contribution in [0.3, 0.4) is 0 Å². The first-order chi connectivity index (χ1) is 10.5. The maximum absolute atomic E-state index is 11.8. The second-order valence-electron chi connectivity index (χ2n) is 5.91. The van der Waals surface area contributed by atoms with E-state index < -0.39 is 5.97 Å². The fourth-order valence-electron chi connectivity index (χ4n) is 3.07. The number of carboxylic acids is 1. The van der Waals surface area contributed by atoms with Gasteiger partial charge in [-0.2, -0.15) is 0 Å². The smallest absolute Gasteiger partial charge is 0.335 e. The Bertz CT molecular complexity index is 664. The van der Waals surface area contributed by atoms with Crippen LogP contribution in [0.2, 0.25) is 0 Å². The number of rotatable bonds is 2. The monoisotopic (exact) mass is 316 g/mol. The highest BCUT2D eigenvalue weighted by molar-refractivity contribution is 8.13. The minimum Gasteiger partial charge on any atom is -0.478 e. The van der Waals surface area contributed by atoms with Gasteiger partial charge in [0.05, 0.1) is 17.3 Å². The number of nitrogens with zero attached hydrogens (tertiary/aromatic N) is 2. The number of hydrogen-bond donors (Lipinski definition) is 1. The van der Waals surface area contributed by atoms with Crippen LogP contribution in [0.5, 0.6) is 0 Å². The number of hydrogen-bond acceptors (Lipinski definition) is 4. The van der Waals surface area contributed by atoms with E-state index in [-0.39, 0.29) is 12.1 Å². The summed E-state index contributed by atoms with van der Waals surface area (Å²) in [5.41, 5.74) is 3.20. The summed E-state index contributed by atoms with van der Waals surface area (Å²) < 4.78 is 0. The summed E-state index contributed by atoms with van der Waals surface area (Å²) >= 11 is 1.72. The fourth-order valence-corrected chi connectivity index (χ4v) is 4.34. The summed E-state index contributed by atoms with van der Waals surface area (Å²) in [5, 5.41) is 10.7. The highest BCUT2D eigenvalue weighted by Gasteiger charge is 2.39. The van der Waals surface area contributed by atoms with Crippen molar-refractivity contribution < 1.29 is 9.90 Å². The largest absolute Gasteiger partial charge is 0.478 e. The zero-order chi connectivity index (χ0) is 15.9. The van der Waals surface area contributed by atoms with E-state index >= 15 is 0 Å². The van der Waals surface area contributed by atoms with Gasteiger partial charge in [0.1, 0.15) is 0 Å². The van der Waals surface area contributed by atoms with Crippen molar-refractivity contribution in [1.82, 2.24) is 4.90 Å². The lowest BCUT2D eigenvalue weighted by molar-refractivity contribution is -0.133. The van der Waals surface area contributed by atoms with Gasteiger partial charge < -0.3 is 10.0 Å². The number of carboxylic acid groups (broad SMARTS) is 1. The topological polar surface area (TPSA) is 52.9 Å². The number of carbonyl (C=O) groups is 1. The zero-order valence-corrected chi connectivity index (χ0v) is 13.9. The van der Waals surface area contributed by atoms with Crippen LogP contribution in [0.15, 0.2) is 40.5 Å². The first-order valence-electron chi connectivity index (χ1n) is 7.49. The van der Waals surface area contributed by atoms with E-state index in [9.17, 15) is 9.90 Å². The van der Waals surface area contributed by atoms with Crippen LogP contribution >= 0.6 is 11.8 Å². The molecule has 0 aromatic heterocycles. The van der Waals surface area contributed by atoms with Crippen LogP contribution in [0.25, 0.3) is 0 Å². The van der Waals surface area contributed by atoms with Crippen LogP contribution in [-0.2, 0) is 4.79 Å². The number of fused-ring (bicyclic) bond motifs is 1. The van der Waals surface area contributed by atoms with Gasteiger partial charge in [-0.1, -0.05) is 41.6 Å². The molecule has 2 aliphatic heterocycles. The molecule has 1 N–H and O–H groups in total. The lowest BCUT2D eigenvalue weighted by Gasteiger charge is -2.44. The van der Waals surface area contributed by atoms with Crippen molar-refractivity contribution in [2.75, 3.05) is 5.75 Å². The molecular weight excluding hydrogens is 296 g/mol. The molecule has 5 heteroatoms. The zero-order valence-electron chi connectivity index (χ0n) is 13.0. The first kappa shape index (κ1) is 15.2. The van der Waals surface area contributed by atoms with E-state index in [4.69, 9.17) is 0 Å². The van der Waals surface area contributed by atoms with Gasteiger partial charge in [-0.3, -0.25) is 0 Å². The van der Waals surface area contributed by atoms with Gasteiger partial charge in [0, 0.05) is 11.8 Å². The normalized spacial score (nSPS) is 24.9. The molecule has 4 nitrogen and oxygen atoms in total. The summed E-state index contributed by atoms with van der Waals surface area (Å²) in [6, 6.07) is 8.17. The van der Waals surface area contributed by atoms with Gasteiger partial charge in [-0.25, -0.2) is 9.79 Å². The lowest BCUT2D eigenvalue weighted by atomic mass is 9.92. The molecule has 0 spiro atoms. The number of aliphatic carboxylic acids is 1. The van der Waals surface area contributed by atoms with Crippen molar-refractivity contribution >= 4 is 22.9 Å². The molecule has 0 amide bonds. The Labute approximate surface area is 134 Å². The minimum absolute atomic E-state index is 0.256. The summed E-state index contributed by atoms with van der Waals surface area (Å²) in [5.74, 6) is 0.154. The first-order valence-corrected chi connectivity index (χ1v) is 8.48. The predicted octanol–water partition coefficient (Wildman–Crippen LogP) is 3.59. The van der Waals surface area contributed by atoms with Crippen molar-refractivity contribution in [3.63, 3.8) is 0 Å². The molecule has 0 bridgehead atoms. The van der Waals surface area contributed by atoms with Gasteiger partial charge >= 0.3 is 5.97 Å². The van der Waals surface area contributed by atoms with Crippen LogP contribution in [0, 0.1) is 6.92 Å². The maximum atomic E-state index is 11.8. The molecule has 1 aromatic rings. The molecule has 2 atom stereocenters. The van der Waals surface area contributed by atoms with E-state index in [0.29, 0.717) is 11.3 Å². The molecule has 2 unspecified atom stereocenters. The van der Waals surface area contributed by atoms with Crippen LogP contribution in [0.4, 0.5) is 0 Å². The third kappa shape index (κ3) is 2.54. The molecule has 0 radical (unpaired) electrons. The number of thioether (sulfide) groups is 1. The molecule has 3 rings (SSSR count). The van der Waals surface area contributed by atoms with Gasteiger partial charge in [0.25, 0.3) is 0 Å². The van der Waals surface area contributed by atoms with E-state index in [1.807, 2.05) is 31.2 Å². The average Bonchev–Trinajstić information content (AvgIpc) is 2.46. The number of allylic oxidation sites excluding steroid dienone is 1. The second-order valence-corrected chi connectivity index (χ2v) is 6.97. The van der Waals surface area contributed by atoms with Gasteiger partial charge in [-0.15, -0.1) is 0 Å². The molecule has 1 saturated heterocycles. The second kappa shape index (κ2) is 5.80. The minimum atomic E-state index is -0.881. The number of amidine groups is 1. The van der Waals surface area contributed by atoms with E-state index in [1.165, 1.54) is 5.56 Å². The van der Waals surface area contributed by atoms with Crippen molar-refractivity contribution in [3.05, 3.63) is 46.7 Å². The molecular formula is C17H20N2O2S. The fraction of sp³-hybridized carbons (Fsp3) is 0.412. The van der Waals surface area contributed by atoms with Crippen molar-refractivity contribution in [1.29, 1.82) is 0 Å². The van der Waals surface area contributed by atoms with Crippen LogP contribution < -0.4 is 0 Å². The third-order valence-electron chi connectivity index (χ3n) is 4.29. The van der Waals surface area contributed by atoms with Crippen LogP contribution in [0.1, 0.15) is 37.4 Å². The van der Waals surface area contributed by atoms with Crippen LogP contribution in [-0.4, -0.2) is 32.9 Å². The third-order valence-corrected chi connectivity index (χ3v) is 5.29. The molecule has 0 saturated carbocycles. The van der Waals surface area contributed by atoms with Gasteiger partial charge in [-0.05, 0) is 32.8 Å². The lowest BCUT2D eigenvalue weighted by Crippen LogP contribution is -2.47. The molecule has 116 valence electrons. The molecule has 0 aliphatic carbocycles. The molecule has 1 aromatic carbocycles. The molecule has 2 heterocycles. The number of benzene rings is 1. The van der Waals surface area contributed by atoms with Gasteiger partial charge in [0.2, 0.25) is 0 Å². The highest BCUT2D eigenvalue weighted by atomic mass is 32.2. The Morgan fingerprint density at radius 1 is 1.32 bits per heavy atom.